The summed E-state index contributed by atoms with van der Waals surface area (Å²) in [5.74, 6) is -1.25. The fourth-order valence-electron chi connectivity index (χ4n) is 6.66. The summed E-state index contributed by atoms with van der Waals surface area (Å²) in [6, 6.07) is 16.5. The molecule has 5 aromatic rings. The number of hydrogen-bond donors (Lipinski definition) is 2. The SMILES string of the molecule is CCOC(=O)c1c([C@@H]2CCCN2)nc(CC(=O)c2ccc(F)cc2)c(-c2nnc(C)o2)c1-c1ccc(C(=O)N[C@@H]2CCc3ccccc32)s1. The van der Waals surface area contributed by atoms with Crippen molar-refractivity contribution in [1.29, 1.82) is 0 Å². The van der Waals surface area contributed by atoms with Crippen molar-refractivity contribution in [3.05, 3.63) is 111 Å². The third-order valence-electron chi connectivity index (χ3n) is 8.92. The molecule has 1 fully saturated rings. The molecule has 0 bridgehead atoms. The van der Waals surface area contributed by atoms with Crippen LogP contribution in [0.15, 0.2) is 65.1 Å². The number of rotatable bonds is 10. The fourth-order valence-corrected chi connectivity index (χ4v) is 7.62. The molecule has 10 nitrogen and oxygen atoms in total. The number of pyridine rings is 1. The van der Waals surface area contributed by atoms with Crippen molar-refractivity contribution < 1.29 is 27.9 Å². The maximum Gasteiger partial charge on any atom is 0.340 e. The molecule has 0 radical (unpaired) electrons. The first kappa shape index (κ1) is 32.5. The van der Waals surface area contributed by atoms with Gasteiger partial charge in [0.05, 0.1) is 52.5 Å². The lowest BCUT2D eigenvalue weighted by Crippen LogP contribution is -2.26. The molecule has 7 rings (SSSR count). The zero-order valence-electron chi connectivity index (χ0n) is 27.0. The van der Waals surface area contributed by atoms with Crippen molar-refractivity contribution in [2.75, 3.05) is 13.2 Å². The maximum atomic E-state index is 13.9. The number of halogens is 1. The molecule has 2 aliphatic rings. The molecule has 12 heteroatoms. The van der Waals surface area contributed by atoms with Crippen molar-refractivity contribution in [2.24, 2.45) is 0 Å². The lowest BCUT2D eigenvalue weighted by Gasteiger charge is -2.21. The average Bonchev–Trinajstić information content (AvgIpc) is 3.93. The summed E-state index contributed by atoms with van der Waals surface area (Å²) >= 11 is 1.22. The first-order valence-electron chi connectivity index (χ1n) is 16.4. The van der Waals surface area contributed by atoms with E-state index in [0.717, 1.165) is 31.4 Å². The van der Waals surface area contributed by atoms with Crippen molar-refractivity contribution in [1.82, 2.24) is 25.8 Å². The van der Waals surface area contributed by atoms with Gasteiger partial charge >= 0.3 is 5.97 Å². The van der Waals surface area contributed by atoms with E-state index in [9.17, 15) is 18.8 Å². The first-order valence-corrected chi connectivity index (χ1v) is 17.2. The van der Waals surface area contributed by atoms with Crippen molar-refractivity contribution in [2.45, 2.75) is 58.0 Å². The molecule has 1 saturated heterocycles. The highest BCUT2D eigenvalue weighted by Gasteiger charge is 2.35. The molecule has 0 saturated carbocycles. The van der Waals surface area contributed by atoms with Gasteiger partial charge in [0.1, 0.15) is 5.82 Å². The van der Waals surface area contributed by atoms with Crippen LogP contribution in [-0.4, -0.2) is 46.0 Å². The molecule has 1 aliphatic heterocycles. The van der Waals surface area contributed by atoms with Gasteiger partial charge in [0.25, 0.3) is 5.91 Å². The van der Waals surface area contributed by atoms with E-state index in [1.807, 2.05) is 18.2 Å². The zero-order chi connectivity index (χ0) is 34.1. The standard InChI is InChI=1S/C37H34FN5O5S/c1-3-47-37(46)33-32(29-16-17-30(49-29)35(45)41-25-15-12-21-7-4-5-8-24(21)25)31(36-43-42-20(2)48-36)27(40-34(33)26-9-6-18-39-26)19-28(44)22-10-13-23(38)14-11-22/h4-5,7-8,10-11,13-14,16-17,25-26,39H,3,6,9,12,15,18-19H2,1-2H3,(H,41,45)/t25-,26+/m1/s1. The fraction of sp³-hybridized carbons (Fsp3) is 0.297. The summed E-state index contributed by atoms with van der Waals surface area (Å²) in [5, 5.41) is 15.0. The van der Waals surface area contributed by atoms with E-state index in [1.165, 1.54) is 41.2 Å². The van der Waals surface area contributed by atoms with Crippen LogP contribution in [-0.2, 0) is 17.6 Å². The predicted octanol–water partition coefficient (Wildman–Crippen LogP) is 6.75. The van der Waals surface area contributed by atoms with Gasteiger partial charge in [-0.3, -0.25) is 14.6 Å². The number of ether oxygens (including phenoxy) is 1. The Morgan fingerprint density at radius 2 is 1.86 bits per heavy atom. The summed E-state index contributed by atoms with van der Waals surface area (Å²) in [6.07, 6.45) is 3.08. The van der Waals surface area contributed by atoms with E-state index in [-0.39, 0.29) is 54.1 Å². The number of aromatic nitrogens is 3. The summed E-state index contributed by atoms with van der Waals surface area (Å²) in [5.41, 5.74) is 4.31. The summed E-state index contributed by atoms with van der Waals surface area (Å²) in [6.45, 7) is 4.22. The average molecular weight is 680 g/mol. The van der Waals surface area contributed by atoms with E-state index < -0.39 is 11.8 Å². The number of thiophene rings is 1. The smallest absolute Gasteiger partial charge is 0.340 e. The lowest BCUT2D eigenvalue weighted by atomic mass is 9.91. The lowest BCUT2D eigenvalue weighted by molar-refractivity contribution is 0.0524. The molecule has 4 heterocycles. The highest BCUT2D eigenvalue weighted by atomic mass is 32.1. The molecule has 2 N–H and O–H groups in total. The highest BCUT2D eigenvalue weighted by Crippen LogP contribution is 2.44. The molecular formula is C37H34FN5O5S. The minimum absolute atomic E-state index is 0.0698. The maximum absolute atomic E-state index is 13.9. The molecule has 0 spiro atoms. The number of esters is 1. The van der Waals surface area contributed by atoms with Crippen molar-refractivity contribution >= 4 is 29.0 Å². The minimum atomic E-state index is -0.593. The van der Waals surface area contributed by atoms with Gasteiger partial charge in [-0.05, 0) is 86.7 Å². The van der Waals surface area contributed by atoms with Crippen LogP contribution in [0, 0.1) is 12.7 Å². The van der Waals surface area contributed by atoms with Crippen LogP contribution >= 0.6 is 11.3 Å². The number of amides is 1. The predicted molar refractivity (Wildman–Crippen MR) is 181 cm³/mol. The third kappa shape index (κ3) is 6.53. The van der Waals surface area contributed by atoms with Gasteiger partial charge in [0.2, 0.25) is 11.8 Å². The third-order valence-corrected chi connectivity index (χ3v) is 10.0. The van der Waals surface area contributed by atoms with Crippen LogP contribution in [0.5, 0.6) is 0 Å². The number of carbonyl (C=O) groups is 3. The molecule has 1 amide bonds. The van der Waals surface area contributed by atoms with Crippen LogP contribution < -0.4 is 10.6 Å². The van der Waals surface area contributed by atoms with Crippen molar-refractivity contribution in [3.63, 3.8) is 0 Å². The Hall–Kier alpha value is -5.07. The Morgan fingerprint density at radius 1 is 1.04 bits per heavy atom. The van der Waals surface area contributed by atoms with Gasteiger partial charge in [-0.15, -0.1) is 21.5 Å². The topological polar surface area (TPSA) is 136 Å². The first-order chi connectivity index (χ1) is 23.8. The highest BCUT2D eigenvalue weighted by molar-refractivity contribution is 7.17. The van der Waals surface area contributed by atoms with Crippen LogP contribution in [0.1, 0.15) is 97.1 Å². The molecule has 2 atom stereocenters. The molecule has 1 aliphatic carbocycles. The van der Waals surface area contributed by atoms with E-state index in [0.29, 0.717) is 44.3 Å². The van der Waals surface area contributed by atoms with Gasteiger partial charge in [-0.25, -0.2) is 9.18 Å². The number of aryl methyl sites for hydroxylation is 2. The second-order valence-electron chi connectivity index (χ2n) is 12.1. The quantitative estimate of drug-likeness (QED) is 0.121. The van der Waals surface area contributed by atoms with E-state index >= 15 is 0 Å². The molecule has 49 heavy (non-hydrogen) atoms. The monoisotopic (exact) mass is 679 g/mol. The second kappa shape index (κ2) is 13.8. The van der Waals surface area contributed by atoms with Crippen LogP contribution in [0.3, 0.4) is 0 Å². The van der Waals surface area contributed by atoms with Gasteiger partial charge in [-0.1, -0.05) is 24.3 Å². The normalized spacial score (nSPS) is 16.8. The molecule has 0 unspecified atom stereocenters. The van der Waals surface area contributed by atoms with Gasteiger partial charge in [0.15, 0.2) is 5.78 Å². The molecule has 250 valence electrons. The van der Waals surface area contributed by atoms with Gasteiger partial charge in [0, 0.05) is 22.9 Å². The Morgan fingerprint density at radius 3 is 2.59 bits per heavy atom. The van der Waals surface area contributed by atoms with E-state index in [4.69, 9.17) is 14.1 Å². The Kier molecular flexibility index (Phi) is 9.15. The number of Topliss-reactive ketones (excluding diaryl/α,β-unsaturated/α-hetero) is 1. The Labute approximate surface area is 286 Å². The number of hydrogen-bond acceptors (Lipinski definition) is 10. The number of nitrogens with zero attached hydrogens (tertiary/aromatic N) is 3. The van der Waals surface area contributed by atoms with E-state index in [2.05, 4.69) is 26.9 Å². The van der Waals surface area contributed by atoms with Gasteiger partial charge in [-0.2, -0.15) is 0 Å². The number of benzene rings is 2. The Balaban J connectivity index is 1.39. The Bertz CT molecular complexity index is 2050. The summed E-state index contributed by atoms with van der Waals surface area (Å²) in [7, 11) is 0. The summed E-state index contributed by atoms with van der Waals surface area (Å²) < 4.78 is 25.3. The number of nitrogens with one attached hydrogen (secondary N) is 2. The number of ketones is 1. The van der Waals surface area contributed by atoms with Crippen LogP contribution in [0.2, 0.25) is 0 Å². The molecule has 2 aromatic carbocycles. The van der Waals surface area contributed by atoms with Gasteiger partial charge < -0.3 is 19.8 Å². The number of fused-ring (bicyclic) bond motifs is 1. The number of carbonyl (C=O) groups excluding carboxylic acids is 3. The zero-order valence-corrected chi connectivity index (χ0v) is 27.9. The van der Waals surface area contributed by atoms with E-state index in [1.54, 1.807) is 26.0 Å². The van der Waals surface area contributed by atoms with Crippen LogP contribution in [0.4, 0.5) is 4.39 Å². The van der Waals surface area contributed by atoms with Crippen LogP contribution in [0.25, 0.3) is 21.9 Å². The summed E-state index contributed by atoms with van der Waals surface area (Å²) in [4.78, 5) is 47.3. The second-order valence-corrected chi connectivity index (χ2v) is 13.2. The van der Waals surface area contributed by atoms with Crippen molar-refractivity contribution in [3.8, 4) is 21.9 Å². The molecular weight excluding hydrogens is 646 g/mol. The largest absolute Gasteiger partial charge is 0.462 e. The minimum Gasteiger partial charge on any atom is -0.462 e. The molecule has 3 aromatic heterocycles.